The molecule has 7 heteroatoms. The van der Waals surface area contributed by atoms with Crippen molar-refractivity contribution < 1.29 is 14.3 Å². The fourth-order valence-electron chi connectivity index (χ4n) is 4.21. The molecule has 0 aliphatic carbocycles. The van der Waals surface area contributed by atoms with Gasteiger partial charge in [0.05, 0.1) is 0 Å². The maximum Gasteiger partial charge on any atom is 0.410 e. The molecule has 0 atom stereocenters. The van der Waals surface area contributed by atoms with Crippen LogP contribution in [0.25, 0.3) is 6.08 Å². The number of amides is 2. The Balaban J connectivity index is 1.18. The topological polar surface area (TPSA) is 83.6 Å². The number of carbonyl (C=O) groups is 2. The van der Waals surface area contributed by atoms with Crippen LogP contribution < -0.4 is 10.6 Å². The van der Waals surface area contributed by atoms with E-state index in [1.54, 1.807) is 23.2 Å². The van der Waals surface area contributed by atoms with Gasteiger partial charge in [-0.1, -0.05) is 66.7 Å². The van der Waals surface area contributed by atoms with Gasteiger partial charge < -0.3 is 20.3 Å². The minimum Gasteiger partial charge on any atom is -0.445 e. The van der Waals surface area contributed by atoms with Gasteiger partial charge in [-0.05, 0) is 54.5 Å². The molecule has 2 N–H and O–H groups in total. The van der Waals surface area contributed by atoms with Crippen LogP contribution in [0.3, 0.4) is 0 Å². The van der Waals surface area contributed by atoms with Crippen LogP contribution in [0.15, 0.2) is 73.4 Å². The first-order chi connectivity index (χ1) is 18.0. The van der Waals surface area contributed by atoms with Gasteiger partial charge in [-0.2, -0.15) is 0 Å². The molecule has 1 saturated heterocycles. The van der Waals surface area contributed by atoms with Gasteiger partial charge in [0.15, 0.2) is 0 Å². The zero-order valence-electron chi connectivity index (χ0n) is 21.3. The molecule has 0 bridgehead atoms. The number of likely N-dealkylation sites (tertiary alicyclic amines) is 1. The third kappa shape index (κ3) is 7.67. The lowest BCUT2D eigenvalue weighted by molar-refractivity contribution is 0.0801. The first-order valence-corrected chi connectivity index (χ1v) is 12.7. The lowest BCUT2D eigenvalue weighted by Gasteiger charge is -2.31. The molecule has 1 aromatic heterocycles. The van der Waals surface area contributed by atoms with Crippen LogP contribution in [0, 0.1) is 12.8 Å². The van der Waals surface area contributed by atoms with Gasteiger partial charge in [-0.25, -0.2) is 9.78 Å². The quantitative estimate of drug-likeness (QED) is 0.411. The summed E-state index contributed by atoms with van der Waals surface area (Å²) in [5.74, 6) is 0.849. The first kappa shape index (κ1) is 25.9. The lowest BCUT2D eigenvalue weighted by atomic mass is 9.97. The SMILES string of the molecule is C=Cc1ccc(CNc2cc(C(=O)NCC3CCN(C(=O)OCc4ccc(C)cc4)CC3)ccn2)cc1. The number of nitrogens with zero attached hydrogens (tertiary/aromatic N) is 2. The number of nitrogens with one attached hydrogen (secondary N) is 2. The van der Waals surface area contributed by atoms with E-state index in [1.807, 2.05) is 61.5 Å². The Kier molecular flexibility index (Phi) is 8.92. The largest absolute Gasteiger partial charge is 0.445 e. The van der Waals surface area contributed by atoms with Gasteiger partial charge >= 0.3 is 6.09 Å². The van der Waals surface area contributed by atoms with Gasteiger partial charge in [0.25, 0.3) is 5.91 Å². The molecule has 2 amide bonds. The maximum atomic E-state index is 12.7. The Morgan fingerprint density at radius 1 is 1.05 bits per heavy atom. The van der Waals surface area contributed by atoms with Crippen LogP contribution in [0.2, 0.25) is 0 Å². The van der Waals surface area contributed by atoms with Crippen LogP contribution in [0.5, 0.6) is 0 Å². The molecule has 7 nitrogen and oxygen atoms in total. The zero-order valence-corrected chi connectivity index (χ0v) is 21.3. The van der Waals surface area contributed by atoms with Gasteiger partial charge in [0.1, 0.15) is 12.4 Å². The fraction of sp³-hybridized carbons (Fsp3) is 0.300. The Morgan fingerprint density at radius 3 is 2.46 bits per heavy atom. The van der Waals surface area contributed by atoms with Crippen LogP contribution >= 0.6 is 0 Å². The summed E-state index contributed by atoms with van der Waals surface area (Å²) in [4.78, 5) is 31.2. The van der Waals surface area contributed by atoms with E-state index >= 15 is 0 Å². The number of aromatic nitrogens is 1. The summed E-state index contributed by atoms with van der Waals surface area (Å²) in [7, 11) is 0. The van der Waals surface area contributed by atoms with Crippen LogP contribution in [-0.4, -0.2) is 41.5 Å². The highest BCUT2D eigenvalue weighted by atomic mass is 16.6. The van der Waals surface area contributed by atoms with Gasteiger partial charge in [-0.3, -0.25) is 4.79 Å². The molecule has 1 fully saturated rings. The highest BCUT2D eigenvalue weighted by Gasteiger charge is 2.24. The van der Waals surface area contributed by atoms with E-state index in [2.05, 4.69) is 22.2 Å². The normalized spacial score (nSPS) is 13.6. The molecule has 0 spiro atoms. The molecular formula is C30H34N4O3. The number of piperidine rings is 1. The van der Waals surface area contributed by atoms with Crippen LogP contribution in [0.4, 0.5) is 10.6 Å². The summed E-state index contributed by atoms with van der Waals surface area (Å²) in [6.07, 6.45) is 4.82. The molecule has 192 valence electrons. The van der Waals surface area contributed by atoms with Crippen molar-refractivity contribution in [3.8, 4) is 0 Å². The summed E-state index contributed by atoms with van der Waals surface area (Å²) in [6.45, 7) is 8.52. The van der Waals surface area contributed by atoms with Gasteiger partial charge in [0, 0.05) is 37.9 Å². The average Bonchev–Trinajstić information content (AvgIpc) is 2.95. The fourth-order valence-corrected chi connectivity index (χ4v) is 4.21. The third-order valence-electron chi connectivity index (χ3n) is 6.62. The summed E-state index contributed by atoms with van der Waals surface area (Å²) in [5.41, 5.74) is 4.91. The molecule has 1 aliphatic rings. The molecule has 2 heterocycles. The standard InChI is InChI=1S/C30H34N4O3/c1-3-23-8-10-24(11-9-23)19-32-28-18-27(12-15-31-28)29(35)33-20-25-13-16-34(17-14-25)30(36)37-21-26-6-4-22(2)5-7-26/h3-12,15,18,25H,1,13-14,16-17,19-21H2,2H3,(H,31,32)(H,33,35). The lowest BCUT2D eigenvalue weighted by Crippen LogP contribution is -2.41. The first-order valence-electron chi connectivity index (χ1n) is 12.7. The maximum absolute atomic E-state index is 12.7. The Hall–Kier alpha value is -4.13. The molecule has 0 saturated carbocycles. The Bertz CT molecular complexity index is 1200. The minimum absolute atomic E-state index is 0.124. The summed E-state index contributed by atoms with van der Waals surface area (Å²) >= 11 is 0. The highest BCUT2D eigenvalue weighted by molar-refractivity contribution is 5.94. The van der Waals surface area contributed by atoms with E-state index in [-0.39, 0.29) is 18.6 Å². The van der Waals surface area contributed by atoms with Gasteiger partial charge in [-0.15, -0.1) is 0 Å². The molecular weight excluding hydrogens is 464 g/mol. The van der Waals surface area contributed by atoms with Crippen molar-refractivity contribution in [2.24, 2.45) is 5.92 Å². The zero-order chi connectivity index (χ0) is 26.0. The van der Waals surface area contributed by atoms with Crippen molar-refractivity contribution in [1.29, 1.82) is 0 Å². The second-order valence-electron chi connectivity index (χ2n) is 9.41. The van der Waals surface area contributed by atoms with E-state index in [1.165, 1.54) is 5.56 Å². The number of benzene rings is 2. The number of hydrogen-bond donors (Lipinski definition) is 2. The minimum atomic E-state index is -0.281. The number of aryl methyl sites for hydroxylation is 1. The van der Waals surface area contributed by atoms with Crippen LogP contribution in [0.1, 0.15) is 45.5 Å². The predicted octanol–water partition coefficient (Wildman–Crippen LogP) is 5.42. The second kappa shape index (κ2) is 12.7. The smallest absolute Gasteiger partial charge is 0.410 e. The Morgan fingerprint density at radius 2 is 1.76 bits per heavy atom. The third-order valence-corrected chi connectivity index (χ3v) is 6.62. The van der Waals surface area contributed by atoms with Crippen molar-refractivity contribution in [2.75, 3.05) is 25.0 Å². The van der Waals surface area contributed by atoms with Crippen molar-refractivity contribution in [3.63, 3.8) is 0 Å². The van der Waals surface area contributed by atoms with E-state index in [0.717, 1.165) is 29.5 Å². The summed E-state index contributed by atoms with van der Waals surface area (Å²) in [6, 6.07) is 19.5. The van der Waals surface area contributed by atoms with E-state index < -0.39 is 0 Å². The van der Waals surface area contributed by atoms with Crippen molar-refractivity contribution >= 4 is 23.9 Å². The van der Waals surface area contributed by atoms with Crippen molar-refractivity contribution in [3.05, 3.63) is 101 Å². The monoisotopic (exact) mass is 498 g/mol. The molecule has 0 unspecified atom stereocenters. The molecule has 1 aliphatic heterocycles. The molecule has 3 aromatic rings. The number of anilines is 1. The highest BCUT2D eigenvalue weighted by Crippen LogP contribution is 2.18. The molecule has 4 rings (SSSR count). The predicted molar refractivity (Wildman–Crippen MR) is 146 cm³/mol. The molecule has 0 radical (unpaired) electrons. The Labute approximate surface area is 218 Å². The number of hydrogen-bond acceptors (Lipinski definition) is 5. The van der Waals surface area contributed by atoms with E-state index in [0.29, 0.717) is 43.5 Å². The van der Waals surface area contributed by atoms with Crippen molar-refractivity contribution in [1.82, 2.24) is 15.2 Å². The summed E-state index contributed by atoms with van der Waals surface area (Å²) < 4.78 is 5.47. The number of rotatable bonds is 9. The van der Waals surface area contributed by atoms with Crippen molar-refractivity contribution in [2.45, 2.75) is 32.9 Å². The molecule has 2 aromatic carbocycles. The average molecular weight is 499 g/mol. The number of carbonyl (C=O) groups excluding carboxylic acids is 2. The van der Waals surface area contributed by atoms with E-state index in [4.69, 9.17) is 4.74 Å². The molecule has 37 heavy (non-hydrogen) atoms. The van der Waals surface area contributed by atoms with Gasteiger partial charge in [0.2, 0.25) is 0 Å². The summed E-state index contributed by atoms with van der Waals surface area (Å²) in [5, 5.41) is 6.31. The van der Waals surface area contributed by atoms with E-state index in [9.17, 15) is 9.59 Å². The number of pyridine rings is 1. The van der Waals surface area contributed by atoms with Crippen LogP contribution in [-0.2, 0) is 17.9 Å². The second-order valence-corrected chi connectivity index (χ2v) is 9.41. The number of ether oxygens (including phenoxy) is 1.